The van der Waals surface area contributed by atoms with Crippen molar-refractivity contribution < 1.29 is 4.79 Å². The molecule has 1 aromatic rings. The van der Waals surface area contributed by atoms with Gasteiger partial charge < -0.3 is 10.2 Å². The van der Waals surface area contributed by atoms with Gasteiger partial charge in [0.2, 0.25) is 5.91 Å². The van der Waals surface area contributed by atoms with Gasteiger partial charge in [0.25, 0.3) is 0 Å². The molecule has 1 heterocycles. The van der Waals surface area contributed by atoms with Crippen molar-refractivity contribution in [1.29, 1.82) is 0 Å². The number of nitrogens with one attached hydrogen (secondary N) is 1. The first-order valence-electron chi connectivity index (χ1n) is 6.46. The third-order valence-corrected chi connectivity index (χ3v) is 3.11. The third kappa shape index (κ3) is 2.78. The van der Waals surface area contributed by atoms with E-state index in [1.165, 1.54) is 0 Å². The van der Waals surface area contributed by atoms with E-state index in [9.17, 15) is 4.79 Å². The second-order valence-electron chi connectivity index (χ2n) is 4.45. The Morgan fingerprint density at radius 2 is 2.24 bits per heavy atom. The van der Waals surface area contributed by atoms with E-state index in [1.54, 1.807) is 0 Å². The van der Waals surface area contributed by atoms with E-state index in [1.807, 2.05) is 29.2 Å². The number of para-hydroxylation sites is 2. The molecule has 1 N–H and O–H groups in total. The van der Waals surface area contributed by atoms with Crippen LogP contribution >= 0.6 is 0 Å². The average molecular weight is 232 g/mol. The molecule has 1 aromatic carbocycles. The molecular weight excluding hydrogens is 212 g/mol. The van der Waals surface area contributed by atoms with Gasteiger partial charge in [-0.15, -0.1) is 0 Å². The van der Waals surface area contributed by atoms with Crippen LogP contribution in [0.3, 0.4) is 0 Å². The summed E-state index contributed by atoms with van der Waals surface area (Å²) in [7, 11) is 0. The molecule has 2 rings (SSSR count). The van der Waals surface area contributed by atoms with Crippen LogP contribution in [0, 0.1) is 0 Å². The van der Waals surface area contributed by atoms with Crippen LogP contribution in [0.5, 0.6) is 0 Å². The van der Waals surface area contributed by atoms with Gasteiger partial charge in [-0.2, -0.15) is 0 Å². The van der Waals surface area contributed by atoms with Crippen LogP contribution < -0.4 is 10.2 Å². The second-order valence-corrected chi connectivity index (χ2v) is 4.45. The molecule has 1 amide bonds. The summed E-state index contributed by atoms with van der Waals surface area (Å²) in [6.07, 6.45) is 3.71. The summed E-state index contributed by atoms with van der Waals surface area (Å²) in [5, 5.41) is 3.37. The highest BCUT2D eigenvalue weighted by Crippen LogP contribution is 2.28. The van der Waals surface area contributed by atoms with Crippen LogP contribution in [0.25, 0.3) is 0 Å². The molecular formula is C14H20N2O. The van der Waals surface area contributed by atoms with E-state index in [0.29, 0.717) is 6.42 Å². The summed E-state index contributed by atoms with van der Waals surface area (Å²) >= 11 is 0. The Morgan fingerprint density at radius 1 is 1.41 bits per heavy atom. The average Bonchev–Trinajstić information content (AvgIpc) is 2.58. The molecule has 0 atom stereocenters. The molecule has 0 spiro atoms. The van der Waals surface area contributed by atoms with Gasteiger partial charge in [-0.05, 0) is 25.0 Å². The first kappa shape index (κ1) is 12.0. The van der Waals surface area contributed by atoms with Crippen LogP contribution in [0.15, 0.2) is 24.3 Å². The van der Waals surface area contributed by atoms with Crippen molar-refractivity contribution in [1.82, 2.24) is 0 Å². The molecule has 0 bridgehead atoms. The molecule has 3 nitrogen and oxygen atoms in total. The van der Waals surface area contributed by atoms with Crippen molar-refractivity contribution >= 4 is 17.3 Å². The number of rotatable bonds is 3. The maximum absolute atomic E-state index is 12.2. The first-order valence-corrected chi connectivity index (χ1v) is 6.46. The maximum Gasteiger partial charge on any atom is 0.227 e. The van der Waals surface area contributed by atoms with Gasteiger partial charge in [0.15, 0.2) is 0 Å². The predicted molar refractivity (Wildman–Crippen MR) is 71.4 cm³/mol. The van der Waals surface area contributed by atoms with Crippen LogP contribution in [0.1, 0.15) is 32.6 Å². The van der Waals surface area contributed by atoms with E-state index in [0.717, 1.165) is 43.7 Å². The summed E-state index contributed by atoms with van der Waals surface area (Å²) in [5.41, 5.74) is 2.11. The lowest BCUT2D eigenvalue weighted by Crippen LogP contribution is -2.31. The molecule has 0 aromatic heterocycles. The Hall–Kier alpha value is -1.51. The summed E-state index contributed by atoms with van der Waals surface area (Å²) < 4.78 is 0. The van der Waals surface area contributed by atoms with Gasteiger partial charge in [-0.3, -0.25) is 4.79 Å². The fraction of sp³-hybridized carbons (Fsp3) is 0.500. The molecule has 0 fully saturated rings. The largest absolute Gasteiger partial charge is 0.383 e. The van der Waals surface area contributed by atoms with E-state index < -0.39 is 0 Å². The maximum atomic E-state index is 12.2. The highest BCUT2D eigenvalue weighted by molar-refractivity contribution is 5.96. The standard InChI is InChI=1S/C14H20N2O/c1-2-3-9-14(17)16-11-6-10-15-12-7-4-5-8-13(12)16/h4-5,7-8,15H,2-3,6,9-11H2,1H3. The van der Waals surface area contributed by atoms with Gasteiger partial charge in [0, 0.05) is 19.5 Å². The minimum Gasteiger partial charge on any atom is -0.383 e. The highest BCUT2D eigenvalue weighted by Gasteiger charge is 2.19. The number of benzene rings is 1. The first-order chi connectivity index (χ1) is 8.33. The Labute approximate surface area is 103 Å². The number of hydrogen-bond donors (Lipinski definition) is 1. The van der Waals surface area contributed by atoms with Crippen LogP contribution in [0.2, 0.25) is 0 Å². The molecule has 0 unspecified atom stereocenters. The van der Waals surface area contributed by atoms with Crippen molar-refractivity contribution in [3.63, 3.8) is 0 Å². The van der Waals surface area contributed by atoms with Crippen molar-refractivity contribution in [3.05, 3.63) is 24.3 Å². The molecule has 0 aliphatic carbocycles. The quantitative estimate of drug-likeness (QED) is 0.868. The van der Waals surface area contributed by atoms with E-state index >= 15 is 0 Å². The van der Waals surface area contributed by atoms with Crippen LogP contribution in [0.4, 0.5) is 11.4 Å². The fourth-order valence-electron chi connectivity index (χ4n) is 2.16. The SMILES string of the molecule is CCCCC(=O)N1CCCNc2ccccc21. The predicted octanol–water partition coefficient (Wildman–Crippen LogP) is 3.03. The van der Waals surface area contributed by atoms with Crippen molar-refractivity contribution in [3.8, 4) is 0 Å². The van der Waals surface area contributed by atoms with Gasteiger partial charge in [0.1, 0.15) is 0 Å². The second kappa shape index (κ2) is 5.71. The van der Waals surface area contributed by atoms with Gasteiger partial charge in [0.05, 0.1) is 11.4 Å². The monoisotopic (exact) mass is 232 g/mol. The Bertz CT molecular complexity index is 390. The third-order valence-electron chi connectivity index (χ3n) is 3.11. The molecule has 1 aliphatic rings. The number of anilines is 2. The lowest BCUT2D eigenvalue weighted by atomic mass is 10.2. The van der Waals surface area contributed by atoms with E-state index in [-0.39, 0.29) is 5.91 Å². The summed E-state index contributed by atoms with van der Waals surface area (Å²) in [5.74, 6) is 0.253. The lowest BCUT2D eigenvalue weighted by Gasteiger charge is -2.22. The van der Waals surface area contributed by atoms with Gasteiger partial charge in [-0.1, -0.05) is 25.5 Å². The molecule has 3 heteroatoms. The minimum absolute atomic E-state index is 0.253. The molecule has 0 radical (unpaired) electrons. The number of amides is 1. The van der Waals surface area contributed by atoms with E-state index in [4.69, 9.17) is 0 Å². The van der Waals surface area contributed by atoms with Gasteiger partial charge in [-0.25, -0.2) is 0 Å². The fourth-order valence-corrected chi connectivity index (χ4v) is 2.16. The van der Waals surface area contributed by atoms with Crippen LogP contribution in [-0.2, 0) is 4.79 Å². The Morgan fingerprint density at radius 3 is 3.06 bits per heavy atom. The molecule has 17 heavy (non-hydrogen) atoms. The van der Waals surface area contributed by atoms with Crippen molar-refractivity contribution in [2.75, 3.05) is 23.3 Å². The number of carbonyl (C=O) groups is 1. The number of fused-ring (bicyclic) bond motifs is 1. The normalized spacial score (nSPS) is 14.8. The lowest BCUT2D eigenvalue weighted by molar-refractivity contribution is -0.118. The number of carbonyl (C=O) groups excluding carboxylic acids is 1. The summed E-state index contributed by atoms with van der Waals surface area (Å²) in [4.78, 5) is 14.1. The number of hydrogen-bond acceptors (Lipinski definition) is 2. The zero-order valence-corrected chi connectivity index (χ0v) is 10.4. The van der Waals surface area contributed by atoms with Gasteiger partial charge >= 0.3 is 0 Å². The molecule has 1 aliphatic heterocycles. The number of unbranched alkanes of at least 4 members (excludes halogenated alkanes) is 1. The Kier molecular flexibility index (Phi) is 4.02. The number of nitrogens with zero attached hydrogens (tertiary/aromatic N) is 1. The molecule has 0 saturated heterocycles. The zero-order chi connectivity index (χ0) is 12.1. The van der Waals surface area contributed by atoms with Crippen molar-refractivity contribution in [2.24, 2.45) is 0 Å². The smallest absolute Gasteiger partial charge is 0.227 e. The summed E-state index contributed by atoms with van der Waals surface area (Å²) in [6, 6.07) is 8.07. The minimum atomic E-state index is 0.253. The Balaban J connectivity index is 2.19. The highest BCUT2D eigenvalue weighted by atomic mass is 16.2. The zero-order valence-electron chi connectivity index (χ0n) is 10.4. The topological polar surface area (TPSA) is 32.3 Å². The van der Waals surface area contributed by atoms with E-state index in [2.05, 4.69) is 12.2 Å². The van der Waals surface area contributed by atoms with Crippen LogP contribution in [-0.4, -0.2) is 19.0 Å². The molecule has 92 valence electrons. The molecule has 0 saturated carbocycles. The van der Waals surface area contributed by atoms with Crippen molar-refractivity contribution in [2.45, 2.75) is 32.6 Å². The summed E-state index contributed by atoms with van der Waals surface area (Å²) in [6.45, 7) is 3.88.